The molecule has 0 aliphatic carbocycles. The third-order valence-corrected chi connectivity index (χ3v) is 4.87. The van der Waals surface area contributed by atoms with Crippen LogP contribution in [0.25, 0.3) is 6.08 Å². The molecule has 0 bridgehead atoms. The van der Waals surface area contributed by atoms with Crippen LogP contribution in [0.3, 0.4) is 0 Å². The first-order valence-corrected chi connectivity index (χ1v) is 8.20. The van der Waals surface area contributed by atoms with E-state index in [1.54, 1.807) is 24.3 Å². The maximum atomic E-state index is 12.7. The Labute approximate surface area is 143 Å². The second-order valence-electron chi connectivity index (χ2n) is 5.17. The number of hydrogen-bond acceptors (Lipinski definition) is 4. The summed E-state index contributed by atoms with van der Waals surface area (Å²) in [5.41, 5.74) is 2.11. The maximum absolute atomic E-state index is 12.7. The zero-order chi connectivity index (χ0) is 16.6. The molecule has 0 N–H and O–H groups in total. The minimum atomic E-state index is -0.165. The predicted molar refractivity (Wildman–Crippen MR) is 97.5 cm³/mol. The highest BCUT2D eigenvalue weighted by Crippen LogP contribution is 2.36. The highest BCUT2D eigenvalue weighted by Gasteiger charge is 2.33. The average molecular weight is 342 g/mol. The molecule has 4 nitrogen and oxygen atoms in total. The zero-order valence-electron chi connectivity index (χ0n) is 12.6. The summed E-state index contributed by atoms with van der Waals surface area (Å²) in [4.78, 5) is 26.3. The number of carbonyl (C=O) groups is 2. The van der Waals surface area contributed by atoms with Gasteiger partial charge in [-0.25, -0.2) is 0 Å². The average Bonchev–Trinajstić information content (AvgIpc) is 3.03. The van der Waals surface area contributed by atoms with Gasteiger partial charge in [-0.15, -0.1) is 0 Å². The van der Waals surface area contributed by atoms with E-state index in [0.717, 1.165) is 5.69 Å². The topological polar surface area (TPSA) is 42.3 Å². The van der Waals surface area contributed by atoms with Crippen LogP contribution in [0.2, 0.25) is 0 Å². The molecule has 116 valence electrons. The van der Waals surface area contributed by atoms with Gasteiger partial charge < -0.3 is 4.57 Å². The van der Waals surface area contributed by atoms with Crippen molar-refractivity contribution in [3.05, 3.63) is 58.8 Å². The molecule has 6 heteroatoms. The number of nitrogens with zero attached hydrogens (tertiary/aromatic N) is 2. The minimum absolute atomic E-state index is 0.0448. The largest absolute Gasteiger partial charge is 0.351 e. The Hall–Kier alpha value is -2.18. The van der Waals surface area contributed by atoms with Crippen molar-refractivity contribution < 1.29 is 9.59 Å². The van der Waals surface area contributed by atoms with Crippen molar-refractivity contribution in [2.45, 2.75) is 6.92 Å². The van der Waals surface area contributed by atoms with Crippen molar-refractivity contribution in [1.29, 1.82) is 0 Å². The van der Waals surface area contributed by atoms with Crippen molar-refractivity contribution in [2.24, 2.45) is 7.05 Å². The van der Waals surface area contributed by atoms with Crippen LogP contribution in [0.15, 0.2) is 47.5 Å². The lowest BCUT2D eigenvalue weighted by atomic mass is 10.1. The van der Waals surface area contributed by atoms with Gasteiger partial charge in [0.1, 0.15) is 0 Å². The molecule has 1 aliphatic heterocycles. The number of hydrogen-bond donors (Lipinski definition) is 0. The van der Waals surface area contributed by atoms with E-state index in [1.165, 1.54) is 23.6 Å². The molecular formula is C17H14N2O2S2. The van der Waals surface area contributed by atoms with E-state index >= 15 is 0 Å². The van der Waals surface area contributed by atoms with Gasteiger partial charge in [0.25, 0.3) is 5.91 Å². The van der Waals surface area contributed by atoms with Gasteiger partial charge in [-0.2, -0.15) is 0 Å². The number of aryl methyl sites for hydroxylation is 1. The lowest BCUT2D eigenvalue weighted by Crippen LogP contribution is -2.27. The van der Waals surface area contributed by atoms with Gasteiger partial charge in [-0.1, -0.05) is 36.1 Å². The number of amides is 1. The van der Waals surface area contributed by atoms with E-state index in [2.05, 4.69) is 0 Å². The van der Waals surface area contributed by atoms with E-state index in [-0.39, 0.29) is 11.7 Å². The van der Waals surface area contributed by atoms with Crippen molar-refractivity contribution >= 4 is 51.8 Å². The lowest BCUT2D eigenvalue weighted by molar-refractivity contribution is -0.113. The van der Waals surface area contributed by atoms with Gasteiger partial charge in [-0.05, 0) is 37.3 Å². The number of ketones is 1. The van der Waals surface area contributed by atoms with Crippen molar-refractivity contribution in [3.8, 4) is 0 Å². The molecule has 0 spiro atoms. The first-order valence-electron chi connectivity index (χ1n) is 6.97. The number of anilines is 1. The van der Waals surface area contributed by atoms with E-state index in [4.69, 9.17) is 12.2 Å². The second-order valence-corrected chi connectivity index (χ2v) is 6.84. The van der Waals surface area contributed by atoms with Crippen molar-refractivity contribution in [3.63, 3.8) is 0 Å². The summed E-state index contributed by atoms with van der Waals surface area (Å²) >= 11 is 6.62. The Bertz CT molecular complexity index is 852. The van der Waals surface area contributed by atoms with Gasteiger partial charge in [0, 0.05) is 24.5 Å². The summed E-state index contributed by atoms with van der Waals surface area (Å²) in [6.07, 6.45) is 3.75. The molecule has 2 heterocycles. The molecule has 1 aromatic heterocycles. The molecule has 0 saturated carbocycles. The van der Waals surface area contributed by atoms with Crippen LogP contribution in [0, 0.1) is 0 Å². The van der Waals surface area contributed by atoms with E-state index in [1.807, 2.05) is 36.0 Å². The number of benzene rings is 1. The number of aromatic nitrogens is 1. The number of carbonyl (C=O) groups excluding carboxylic acids is 2. The van der Waals surface area contributed by atoms with Crippen LogP contribution >= 0.6 is 24.0 Å². The molecule has 2 aromatic rings. The van der Waals surface area contributed by atoms with Gasteiger partial charge in [0.15, 0.2) is 10.1 Å². The fourth-order valence-corrected chi connectivity index (χ4v) is 3.60. The first-order chi connectivity index (χ1) is 11.0. The van der Waals surface area contributed by atoms with Gasteiger partial charge in [0.05, 0.1) is 10.6 Å². The van der Waals surface area contributed by atoms with Crippen LogP contribution in [0.1, 0.15) is 23.0 Å². The zero-order valence-corrected chi connectivity index (χ0v) is 14.3. The fraction of sp³-hybridized carbons (Fsp3) is 0.118. The fourth-order valence-electron chi connectivity index (χ4n) is 2.31. The number of thiocarbonyl (C=S) groups is 1. The molecule has 3 rings (SSSR count). The minimum Gasteiger partial charge on any atom is -0.351 e. The standard InChI is InChI=1S/C17H14N2O2S2/c1-11(20)12-5-3-6-14(9-12)19-16(21)15(23-17(19)22)10-13-7-4-8-18(13)2/h3-10H,1-2H3. The van der Waals surface area contributed by atoms with Crippen molar-refractivity contribution in [1.82, 2.24) is 4.57 Å². The van der Waals surface area contributed by atoms with Crippen LogP contribution in [-0.2, 0) is 11.8 Å². The summed E-state index contributed by atoms with van der Waals surface area (Å²) in [5, 5.41) is 0. The molecule has 1 saturated heterocycles. The second kappa shape index (κ2) is 6.14. The van der Waals surface area contributed by atoms with Crippen LogP contribution in [0.4, 0.5) is 5.69 Å². The molecule has 1 amide bonds. The predicted octanol–water partition coefficient (Wildman–Crippen LogP) is 3.63. The first kappa shape index (κ1) is 15.7. The summed E-state index contributed by atoms with van der Waals surface area (Å²) < 4.78 is 2.40. The summed E-state index contributed by atoms with van der Waals surface area (Å²) in [6.45, 7) is 1.50. The number of Topliss-reactive ketones (excluding diaryl/α,β-unsaturated/α-hetero) is 1. The van der Waals surface area contributed by atoms with Crippen molar-refractivity contribution in [2.75, 3.05) is 4.90 Å². The van der Waals surface area contributed by atoms with Crippen LogP contribution in [-0.4, -0.2) is 20.6 Å². The SMILES string of the molecule is CC(=O)c1cccc(N2C(=O)C(=Cc3cccn3C)SC2=S)c1. The molecule has 1 aromatic carbocycles. The Morgan fingerprint density at radius 2 is 2.04 bits per heavy atom. The Balaban J connectivity index is 1.96. The molecular weight excluding hydrogens is 328 g/mol. The van der Waals surface area contributed by atoms with E-state index in [9.17, 15) is 9.59 Å². The molecule has 0 unspecified atom stereocenters. The number of rotatable bonds is 3. The third kappa shape index (κ3) is 3.00. The molecule has 1 aliphatic rings. The third-order valence-electron chi connectivity index (χ3n) is 3.57. The lowest BCUT2D eigenvalue weighted by Gasteiger charge is -2.15. The van der Waals surface area contributed by atoms with E-state index in [0.29, 0.717) is 20.5 Å². The monoisotopic (exact) mass is 342 g/mol. The van der Waals surface area contributed by atoms with Gasteiger partial charge >= 0.3 is 0 Å². The van der Waals surface area contributed by atoms with E-state index < -0.39 is 0 Å². The highest BCUT2D eigenvalue weighted by atomic mass is 32.2. The van der Waals surface area contributed by atoms with Crippen LogP contribution in [0.5, 0.6) is 0 Å². The maximum Gasteiger partial charge on any atom is 0.270 e. The molecule has 0 atom stereocenters. The normalized spacial score (nSPS) is 16.4. The molecule has 23 heavy (non-hydrogen) atoms. The number of thioether (sulfide) groups is 1. The highest BCUT2D eigenvalue weighted by molar-refractivity contribution is 8.27. The van der Waals surface area contributed by atoms with Gasteiger partial charge in [0.2, 0.25) is 0 Å². The Morgan fingerprint density at radius 1 is 1.26 bits per heavy atom. The molecule has 0 radical (unpaired) electrons. The quantitative estimate of drug-likeness (QED) is 0.485. The van der Waals surface area contributed by atoms with Crippen LogP contribution < -0.4 is 4.90 Å². The Morgan fingerprint density at radius 3 is 2.70 bits per heavy atom. The summed E-state index contributed by atoms with van der Waals surface area (Å²) in [5.74, 6) is -0.210. The summed E-state index contributed by atoms with van der Waals surface area (Å²) in [7, 11) is 1.92. The summed E-state index contributed by atoms with van der Waals surface area (Å²) in [6, 6.07) is 10.8. The Kier molecular flexibility index (Phi) is 4.19. The smallest absolute Gasteiger partial charge is 0.270 e. The van der Waals surface area contributed by atoms with Gasteiger partial charge in [-0.3, -0.25) is 14.5 Å². The molecule has 1 fully saturated rings.